The number of hydrogen-bond acceptors (Lipinski definition) is 5. The molecule has 1 unspecified atom stereocenters. The van der Waals surface area contributed by atoms with E-state index in [2.05, 4.69) is 10.6 Å². The number of carbonyl (C=O) groups is 1. The first-order valence-electron chi connectivity index (χ1n) is 8.89. The number of carbonyl (C=O) groups excluding carboxylic acids is 1. The van der Waals surface area contributed by atoms with Crippen LogP contribution in [0, 0.1) is 0 Å². The lowest BCUT2D eigenvalue weighted by atomic mass is 10.1. The molecule has 3 aromatic rings. The monoisotopic (exact) mass is 376 g/mol. The number of anilines is 2. The van der Waals surface area contributed by atoms with Gasteiger partial charge in [0.05, 0.1) is 7.11 Å². The van der Waals surface area contributed by atoms with Crippen LogP contribution < -0.4 is 24.8 Å². The van der Waals surface area contributed by atoms with Crippen LogP contribution in [-0.4, -0.2) is 19.8 Å². The third kappa shape index (κ3) is 3.86. The summed E-state index contributed by atoms with van der Waals surface area (Å²) in [5.74, 6) is 1.85. The summed E-state index contributed by atoms with van der Waals surface area (Å²) >= 11 is 0. The molecule has 28 heavy (non-hydrogen) atoms. The Morgan fingerprint density at radius 3 is 2.57 bits per heavy atom. The zero-order valence-electron chi connectivity index (χ0n) is 15.3. The molecule has 3 aromatic carbocycles. The molecule has 142 valence electrons. The van der Waals surface area contributed by atoms with E-state index >= 15 is 0 Å². The second kappa shape index (κ2) is 7.92. The lowest BCUT2D eigenvalue weighted by Gasteiger charge is -2.20. The highest BCUT2D eigenvalue weighted by molar-refractivity contribution is 5.97. The van der Waals surface area contributed by atoms with Gasteiger partial charge in [0.2, 0.25) is 6.79 Å². The third-order valence-corrected chi connectivity index (χ3v) is 4.42. The van der Waals surface area contributed by atoms with Gasteiger partial charge in [0, 0.05) is 23.5 Å². The summed E-state index contributed by atoms with van der Waals surface area (Å²) in [7, 11) is 1.59. The van der Waals surface area contributed by atoms with Crippen LogP contribution >= 0.6 is 0 Å². The second-order valence-electron chi connectivity index (χ2n) is 6.28. The normalized spacial score (nSPS) is 12.9. The molecule has 1 atom stereocenters. The Bertz CT molecular complexity index is 975. The average molecular weight is 376 g/mol. The Labute approximate surface area is 163 Å². The van der Waals surface area contributed by atoms with E-state index in [0.29, 0.717) is 22.9 Å². The second-order valence-corrected chi connectivity index (χ2v) is 6.28. The molecule has 4 rings (SSSR count). The van der Waals surface area contributed by atoms with E-state index in [4.69, 9.17) is 14.2 Å². The Morgan fingerprint density at radius 1 is 0.929 bits per heavy atom. The van der Waals surface area contributed by atoms with E-state index in [-0.39, 0.29) is 12.7 Å². The lowest BCUT2D eigenvalue weighted by molar-refractivity contribution is -0.117. The molecule has 0 bridgehead atoms. The van der Waals surface area contributed by atoms with Crippen LogP contribution in [-0.2, 0) is 4.79 Å². The van der Waals surface area contributed by atoms with E-state index in [0.717, 1.165) is 11.3 Å². The molecule has 0 saturated carbocycles. The van der Waals surface area contributed by atoms with Gasteiger partial charge in [0.25, 0.3) is 5.91 Å². The highest BCUT2D eigenvalue weighted by Gasteiger charge is 2.22. The first kappa shape index (κ1) is 17.7. The van der Waals surface area contributed by atoms with Crippen LogP contribution in [0.1, 0.15) is 11.6 Å². The van der Waals surface area contributed by atoms with E-state index in [9.17, 15) is 4.79 Å². The molecule has 0 saturated heterocycles. The minimum Gasteiger partial charge on any atom is -0.497 e. The van der Waals surface area contributed by atoms with Gasteiger partial charge in [-0.1, -0.05) is 36.4 Å². The number of ether oxygens (including phenoxy) is 3. The summed E-state index contributed by atoms with van der Waals surface area (Å²) in [5, 5.41) is 6.25. The van der Waals surface area contributed by atoms with Gasteiger partial charge >= 0.3 is 0 Å². The van der Waals surface area contributed by atoms with Crippen LogP contribution in [0.4, 0.5) is 11.4 Å². The highest BCUT2D eigenvalue weighted by Crippen LogP contribution is 2.35. The zero-order chi connectivity index (χ0) is 19.3. The van der Waals surface area contributed by atoms with Crippen LogP contribution in [0.25, 0.3) is 0 Å². The smallest absolute Gasteiger partial charge is 0.251 e. The van der Waals surface area contributed by atoms with E-state index in [1.54, 1.807) is 13.2 Å². The molecule has 0 spiro atoms. The Hall–Kier alpha value is -3.67. The fraction of sp³-hybridized carbons (Fsp3) is 0.136. The number of hydrogen-bond donors (Lipinski definition) is 2. The van der Waals surface area contributed by atoms with Gasteiger partial charge in [-0.25, -0.2) is 0 Å². The molecule has 0 aliphatic carbocycles. The van der Waals surface area contributed by atoms with Crippen molar-refractivity contribution in [1.29, 1.82) is 0 Å². The largest absolute Gasteiger partial charge is 0.497 e. The maximum atomic E-state index is 13.1. The van der Waals surface area contributed by atoms with Crippen molar-refractivity contribution in [3.05, 3.63) is 78.4 Å². The maximum Gasteiger partial charge on any atom is 0.251 e. The summed E-state index contributed by atoms with van der Waals surface area (Å²) in [5.41, 5.74) is 2.28. The van der Waals surface area contributed by atoms with Gasteiger partial charge in [0.15, 0.2) is 11.5 Å². The van der Waals surface area contributed by atoms with Gasteiger partial charge in [-0.2, -0.15) is 0 Å². The van der Waals surface area contributed by atoms with Crippen molar-refractivity contribution >= 4 is 17.3 Å². The molecule has 1 amide bonds. The van der Waals surface area contributed by atoms with Gasteiger partial charge in [0.1, 0.15) is 11.8 Å². The molecule has 1 aliphatic rings. The molecular formula is C22H20N2O4. The maximum absolute atomic E-state index is 13.1. The van der Waals surface area contributed by atoms with Crippen LogP contribution in [0.2, 0.25) is 0 Å². The quantitative estimate of drug-likeness (QED) is 0.674. The fourth-order valence-corrected chi connectivity index (χ4v) is 3.01. The van der Waals surface area contributed by atoms with E-state index in [1.807, 2.05) is 66.7 Å². The molecule has 0 fully saturated rings. The molecule has 0 radical (unpaired) electrons. The van der Waals surface area contributed by atoms with E-state index < -0.39 is 6.04 Å². The molecule has 1 heterocycles. The molecule has 6 nitrogen and oxygen atoms in total. The van der Waals surface area contributed by atoms with Crippen molar-refractivity contribution in [2.24, 2.45) is 0 Å². The van der Waals surface area contributed by atoms with Crippen LogP contribution in [0.3, 0.4) is 0 Å². The summed E-state index contributed by atoms with van der Waals surface area (Å²) in [6.45, 7) is 0.206. The predicted octanol–water partition coefficient (Wildman–Crippen LogP) is 4.22. The SMILES string of the molecule is COc1cccc(NC(=O)C(Nc2ccc3c(c2)OCO3)c2ccccc2)c1. The Morgan fingerprint density at radius 2 is 1.75 bits per heavy atom. The molecular weight excluding hydrogens is 356 g/mol. The van der Waals surface area contributed by atoms with Crippen molar-refractivity contribution in [1.82, 2.24) is 0 Å². The van der Waals surface area contributed by atoms with Gasteiger partial charge in [-0.15, -0.1) is 0 Å². The Balaban J connectivity index is 1.59. The van der Waals surface area contributed by atoms with Gasteiger partial charge < -0.3 is 24.8 Å². The minimum absolute atomic E-state index is 0.183. The molecule has 6 heteroatoms. The fourth-order valence-electron chi connectivity index (χ4n) is 3.01. The predicted molar refractivity (Wildman–Crippen MR) is 107 cm³/mol. The van der Waals surface area contributed by atoms with Gasteiger partial charge in [-0.05, 0) is 29.8 Å². The lowest BCUT2D eigenvalue weighted by Crippen LogP contribution is -2.27. The van der Waals surface area contributed by atoms with Crippen molar-refractivity contribution in [2.45, 2.75) is 6.04 Å². The number of amides is 1. The summed E-state index contributed by atoms with van der Waals surface area (Å²) in [4.78, 5) is 13.1. The number of rotatable bonds is 6. The van der Waals surface area contributed by atoms with Crippen molar-refractivity contribution in [3.8, 4) is 17.2 Å². The number of benzene rings is 3. The number of methoxy groups -OCH3 is 1. The number of nitrogens with one attached hydrogen (secondary N) is 2. The van der Waals surface area contributed by atoms with Crippen LogP contribution in [0.15, 0.2) is 72.8 Å². The van der Waals surface area contributed by atoms with Crippen molar-refractivity contribution in [2.75, 3.05) is 24.5 Å². The first-order chi connectivity index (χ1) is 13.7. The minimum atomic E-state index is -0.590. The summed E-state index contributed by atoms with van der Waals surface area (Å²) in [6, 6.07) is 21.7. The van der Waals surface area contributed by atoms with E-state index in [1.165, 1.54) is 0 Å². The Kier molecular flexibility index (Phi) is 5.01. The van der Waals surface area contributed by atoms with Crippen molar-refractivity contribution in [3.63, 3.8) is 0 Å². The van der Waals surface area contributed by atoms with Crippen LogP contribution in [0.5, 0.6) is 17.2 Å². The number of fused-ring (bicyclic) bond motifs is 1. The highest BCUT2D eigenvalue weighted by atomic mass is 16.7. The van der Waals surface area contributed by atoms with Gasteiger partial charge in [-0.3, -0.25) is 4.79 Å². The topological polar surface area (TPSA) is 68.8 Å². The third-order valence-electron chi connectivity index (χ3n) is 4.42. The zero-order valence-corrected chi connectivity index (χ0v) is 15.3. The molecule has 1 aliphatic heterocycles. The molecule has 0 aromatic heterocycles. The van der Waals surface area contributed by atoms with Crippen molar-refractivity contribution < 1.29 is 19.0 Å². The molecule has 2 N–H and O–H groups in total. The average Bonchev–Trinajstić information content (AvgIpc) is 3.20. The first-order valence-corrected chi connectivity index (χ1v) is 8.89. The standard InChI is InChI=1S/C22H20N2O4/c1-26-18-9-5-8-16(12-18)24-22(25)21(15-6-3-2-4-7-15)23-17-10-11-19-20(13-17)28-14-27-19/h2-13,21,23H,14H2,1H3,(H,24,25). The summed E-state index contributed by atoms with van der Waals surface area (Å²) in [6.07, 6.45) is 0. The summed E-state index contributed by atoms with van der Waals surface area (Å²) < 4.78 is 16.0.